The molecule has 4 saturated carbocycles. The fourth-order valence-corrected chi connectivity index (χ4v) is 8.72. The van der Waals surface area contributed by atoms with Gasteiger partial charge in [0.05, 0.1) is 6.42 Å². The number of fused-ring (bicyclic) bond motifs is 5. The Morgan fingerprint density at radius 3 is 2.31 bits per heavy atom. The molecule has 4 rings (SSSR count). The van der Waals surface area contributed by atoms with Crippen molar-refractivity contribution in [3.63, 3.8) is 0 Å². The number of hydrogen-bond donors (Lipinski definition) is 0. The highest BCUT2D eigenvalue weighted by molar-refractivity contribution is 5.93. The minimum atomic E-state index is -5.42. The molecule has 0 saturated heterocycles. The van der Waals surface area contributed by atoms with Crippen molar-refractivity contribution in [1.82, 2.24) is 0 Å². The average molecular weight is 607 g/mol. The van der Waals surface area contributed by atoms with Gasteiger partial charge in [0.15, 0.2) is 0 Å². The summed E-state index contributed by atoms with van der Waals surface area (Å²) in [5, 5.41) is 0. The van der Waals surface area contributed by atoms with Gasteiger partial charge < -0.3 is 9.47 Å². The van der Waals surface area contributed by atoms with E-state index in [1.54, 1.807) is 0 Å². The van der Waals surface area contributed by atoms with E-state index in [0.717, 1.165) is 12.8 Å². The molecule has 0 bridgehead atoms. The van der Waals surface area contributed by atoms with Crippen molar-refractivity contribution in [3.05, 3.63) is 0 Å². The van der Waals surface area contributed by atoms with Gasteiger partial charge in [0, 0.05) is 43.4 Å². The third-order valence-corrected chi connectivity index (χ3v) is 11.1. The summed E-state index contributed by atoms with van der Waals surface area (Å²) in [5.41, 5.74) is -0.923. The molecule has 0 spiro atoms. The zero-order valence-electron chi connectivity index (χ0n) is 24.1. The molecule has 0 aromatic carbocycles. The molecule has 0 radical (unpaired) electrons. The average Bonchev–Trinajstić information content (AvgIpc) is 3.25. The highest BCUT2D eigenvalue weighted by atomic mass is 19.4. The molecule has 4 fully saturated rings. The lowest BCUT2D eigenvalue weighted by Gasteiger charge is -2.58. The van der Waals surface area contributed by atoms with Crippen LogP contribution in [-0.2, 0) is 33.4 Å². The van der Waals surface area contributed by atoms with Crippen molar-refractivity contribution in [2.75, 3.05) is 6.61 Å². The molecule has 0 aromatic rings. The standard InChI is InChI=1S/C30H39F5O7/c1-15(4-7-23(39)41-11-9-24(40)42-26(27(31)32)30(33,34)35)18-5-6-19-25-20(14-22(38)29(18,19)3)28(2)10-8-17(36)12-16(28)13-21(25)37/h15-16,18-20,25-27H,4-14H2,1-3H3/t15-,16+,18-,19+,20+,25+,26?,28+,29-/m1/s1. The Bertz CT molecular complexity index is 1110. The number of halogens is 5. The van der Waals surface area contributed by atoms with Crippen molar-refractivity contribution < 1.29 is 55.4 Å². The summed E-state index contributed by atoms with van der Waals surface area (Å²) >= 11 is 0. The van der Waals surface area contributed by atoms with Gasteiger partial charge in [0.1, 0.15) is 24.0 Å². The molecule has 236 valence electrons. The first-order chi connectivity index (χ1) is 19.5. The first-order valence-electron chi connectivity index (χ1n) is 14.8. The van der Waals surface area contributed by atoms with Gasteiger partial charge in [-0.1, -0.05) is 20.8 Å². The maximum atomic E-state index is 13.8. The van der Waals surface area contributed by atoms with Crippen LogP contribution in [0.15, 0.2) is 0 Å². The molecule has 42 heavy (non-hydrogen) atoms. The lowest BCUT2D eigenvalue weighted by atomic mass is 9.44. The van der Waals surface area contributed by atoms with Crippen LogP contribution in [0.4, 0.5) is 22.0 Å². The van der Waals surface area contributed by atoms with Gasteiger partial charge in [-0.05, 0) is 60.7 Å². The SMILES string of the molecule is C[C@H](CCC(=O)OCCC(=O)OC(C(F)F)C(F)(F)F)[C@H]1CC[C@H]2[C@@H]3C(=O)C[C@@H]4CC(=O)CC[C@]4(C)[C@H]3CC(=O)[C@]12C. The van der Waals surface area contributed by atoms with Crippen LogP contribution in [0.25, 0.3) is 0 Å². The van der Waals surface area contributed by atoms with E-state index in [2.05, 4.69) is 11.7 Å². The van der Waals surface area contributed by atoms with Crippen LogP contribution >= 0.6 is 0 Å². The van der Waals surface area contributed by atoms with Gasteiger partial charge in [-0.3, -0.25) is 24.0 Å². The summed E-state index contributed by atoms with van der Waals surface area (Å²) in [6.07, 6.45) is -9.67. The van der Waals surface area contributed by atoms with E-state index in [9.17, 15) is 45.9 Å². The van der Waals surface area contributed by atoms with E-state index in [1.165, 1.54) is 0 Å². The van der Waals surface area contributed by atoms with Gasteiger partial charge in [0.2, 0.25) is 0 Å². The summed E-state index contributed by atoms with van der Waals surface area (Å²) in [4.78, 5) is 63.3. The predicted octanol–water partition coefficient (Wildman–Crippen LogP) is 5.66. The predicted molar refractivity (Wildman–Crippen MR) is 137 cm³/mol. The topological polar surface area (TPSA) is 104 Å². The fourth-order valence-electron chi connectivity index (χ4n) is 8.72. The molecule has 12 heteroatoms. The van der Waals surface area contributed by atoms with Crippen molar-refractivity contribution in [1.29, 1.82) is 0 Å². The summed E-state index contributed by atoms with van der Waals surface area (Å²) in [6.45, 7) is 5.43. The normalized spacial score (nSPS) is 36.1. The number of esters is 2. The van der Waals surface area contributed by atoms with Crippen molar-refractivity contribution in [2.24, 2.45) is 46.3 Å². The Balaban J connectivity index is 1.31. The van der Waals surface area contributed by atoms with Gasteiger partial charge >= 0.3 is 18.1 Å². The molecular formula is C30H39F5O7. The van der Waals surface area contributed by atoms with Gasteiger partial charge in [-0.2, -0.15) is 13.2 Å². The summed E-state index contributed by atoms with van der Waals surface area (Å²) < 4.78 is 71.4. The van der Waals surface area contributed by atoms with E-state index in [-0.39, 0.29) is 64.7 Å². The van der Waals surface area contributed by atoms with E-state index in [1.807, 2.05) is 13.8 Å². The lowest BCUT2D eigenvalue weighted by molar-refractivity contribution is -0.249. The third-order valence-electron chi connectivity index (χ3n) is 11.1. The van der Waals surface area contributed by atoms with Crippen LogP contribution in [0.5, 0.6) is 0 Å². The molecule has 0 N–H and O–H groups in total. The van der Waals surface area contributed by atoms with E-state index in [4.69, 9.17) is 4.74 Å². The summed E-state index contributed by atoms with van der Waals surface area (Å²) in [6, 6.07) is 0. The summed E-state index contributed by atoms with van der Waals surface area (Å²) in [5.74, 6) is -2.31. The highest BCUT2D eigenvalue weighted by Gasteiger charge is 2.66. The number of carbonyl (C=O) groups is 5. The minimum absolute atomic E-state index is 0.0102. The molecule has 9 atom stereocenters. The van der Waals surface area contributed by atoms with E-state index in [0.29, 0.717) is 38.5 Å². The number of Topliss-reactive ketones (excluding diaryl/α,β-unsaturated/α-hetero) is 3. The molecule has 4 aliphatic rings. The number of carbonyl (C=O) groups excluding carboxylic acids is 5. The number of hydrogen-bond acceptors (Lipinski definition) is 7. The van der Waals surface area contributed by atoms with Gasteiger partial charge in [0.25, 0.3) is 12.5 Å². The molecule has 0 heterocycles. The van der Waals surface area contributed by atoms with Crippen molar-refractivity contribution in [3.8, 4) is 0 Å². The quantitative estimate of drug-likeness (QED) is 0.246. The molecular weight excluding hydrogens is 567 g/mol. The first kappa shape index (κ1) is 32.5. The van der Waals surface area contributed by atoms with E-state index < -0.39 is 49.1 Å². The minimum Gasteiger partial charge on any atom is -0.465 e. The fraction of sp³-hybridized carbons (Fsp3) is 0.833. The monoisotopic (exact) mass is 606 g/mol. The Morgan fingerprint density at radius 1 is 0.976 bits per heavy atom. The maximum absolute atomic E-state index is 13.8. The van der Waals surface area contributed by atoms with Crippen molar-refractivity contribution >= 4 is 29.3 Å². The second-order valence-corrected chi connectivity index (χ2v) is 13.2. The Morgan fingerprint density at radius 2 is 1.67 bits per heavy atom. The molecule has 4 aliphatic carbocycles. The van der Waals surface area contributed by atoms with Gasteiger partial charge in [-0.15, -0.1) is 0 Å². The van der Waals surface area contributed by atoms with E-state index >= 15 is 0 Å². The molecule has 0 amide bonds. The van der Waals surface area contributed by atoms with Crippen molar-refractivity contribution in [2.45, 2.75) is 104 Å². The van der Waals surface area contributed by atoms with Gasteiger partial charge in [-0.25, -0.2) is 8.78 Å². The van der Waals surface area contributed by atoms with Crippen LogP contribution < -0.4 is 0 Å². The van der Waals surface area contributed by atoms with Crippen LogP contribution in [0, 0.1) is 46.3 Å². The molecule has 0 aromatic heterocycles. The number of ether oxygens (including phenoxy) is 2. The molecule has 7 nitrogen and oxygen atoms in total. The number of ketones is 3. The maximum Gasteiger partial charge on any atom is 0.431 e. The zero-order valence-corrected chi connectivity index (χ0v) is 24.1. The van der Waals surface area contributed by atoms with Crippen LogP contribution in [0.3, 0.4) is 0 Å². The van der Waals surface area contributed by atoms with Crippen LogP contribution in [-0.4, -0.2) is 54.6 Å². The van der Waals surface area contributed by atoms with Crippen LogP contribution in [0.2, 0.25) is 0 Å². The second kappa shape index (κ2) is 11.9. The Kier molecular flexibility index (Phi) is 9.24. The lowest BCUT2D eigenvalue weighted by Crippen LogP contribution is -2.60. The zero-order chi connectivity index (χ0) is 31.2. The second-order valence-electron chi connectivity index (χ2n) is 13.2. The first-order valence-corrected chi connectivity index (χ1v) is 14.8. The molecule has 1 unspecified atom stereocenters. The molecule has 0 aliphatic heterocycles. The Labute approximate surface area is 241 Å². The highest BCUT2D eigenvalue weighted by Crippen LogP contribution is 2.66. The summed E-state index contributed by atoms with van der Waals surface area (Å²) in [7, 11) is 0. The largest absolute Gasteiger partial charge is 0.465 e. The van der Waals surface area contributed by atoms with Crippen LogP contribution in [0.1, 0.15) is 85.0 Å². The number of alkyl halides is 5. The smallest absolute Gasteiger partial charge is 0.431 e. The number of rotatable bonds is 9. The Hall–Kier alpha value is -2.40. The third kappa shape index (κ3) is 6.00.